The molecule has 0 spiro atoms. The second-order valence-corrected chi connectivity index (χ2v) is 2.54. The van der Waals surface area contributed by atoms with Crippen LogP contribution in [0, 0.1) is 0 Å². The fourth-order valence-corrected chi connectivity index (χ4v) is 0.287. The van der Waals surface area contributed by atoms with Gasteiger partial charge in [-0.2, -0.15) is 0 Å². The number of carbonyl (C=O) groups excluding carboxylic acids is 1. The zero-order valence-corrected chi connectivity index (χ0v) is 8.24. The van der Waals surface area contributed by atoms with Crippen molar-refractivity contribution in [1.29, 1.82) is 1.43 Å². The molecule has 4 radical (unpaired) electrons. The summed E-state index contributed by atoms with van der Waals surface area (Å²) < 4.78 is 5.95. The molecule has 4 nitrogen and oxygen atoms in total. The van der Waals surface area contributed by atoms with Gasteiger partial charge in [0.1, 0.15) is 15.7 Å². The van der Waals surface area contributed by atoms with Gasteiger partial charge in [0.15, 0.2) is 0 Å². The van der Waals surface area contributed by atoms with Crippen LogP contribution in [-0.2, 0) is 9.59 Å². The van der Waals surface area contributed by atoms with Gasteiger partial charge in [0.05, 0.1) is 0 Å². The van der Waals surface area contributed by atoms with Crippen LogP contribution in [0.4, 0.5) is 0 Å². The minimum atomic E-state index is -0.903. The molecule has 0 saturated heterocycles. The Labute approximate surface area is 87.6 Å². The molecule has 0 unspecified atom stereocenters. The molecular formula is C8H11B2NO3. The zero-order chi connectivity index (χ0) is 12.6. The molecule has 0 aromatic rings. The number of carbonyl (C=O) groups is 2. The summed E-state index contributed by atoms with van der Waals surface area (Å²) in [6, 6.07) is 0. The van der Waals surface area contributed by atoms with Gasteiger partial charge in [0.25, 0.3) is 1.43 Å². The van der Waals surface area contributed by atoms with E-state index in [1.807, 2.05) is 0 Å². The second-order valence-electron chi connectivity index (χ2n) is 2.54. The highest BCUT2D eigenvalue weighted by atomic mass is 16.4. The number of carboxylic acid groups (broad SMARTS) is 1. The van der Waals surface area contributed by atoms with Gasteiger partial charge < -0.3 is 10.0 Å². The van der Waals surface area contributed by atoms with E-state index in [4.69, 9.17) is 17.1 Å². The van der Waals surface area contributed by atoms with Crippen LogP contribution in [0.3, 0.4) is 0 Å². The highest BCUT2D eigenvalue weighted by Crippen LogP contribution is 1.86. The first kappa shape index (κ1) is 12.5. The molecule has 0 aromatic carbocycles. The number of carboxylic acids is 1. The van der Waals surface area contributed by atoms with Crippen molar-refractivity contribution in [2.75, 3.05) is 14.1 Å². The molecule has 0 aromatic heterocycles. The summed E-state index contributed by atoms with van der Waals surface area (Å²) in [5.74, 6) is -1.13. The van der Waals surface area contributed by atoms with E-state index in [2.05, 4.69) is 18.3 Å². The number of rotatable bonds is 2. The predicted molar refractivity (Wildman–Crippen MR) is 56.1 cm³/mol. The number of hydrogen-bond donors (Lipinski definition) is 1. The summed E-state index contributed by atoms with van der Waals surface area (Å²) in [5, 5.41) is 3.40. The van der Waals surface area contributed by atoms with Gasteiger partial charge in [-0.3, -0.25) is 4.79 Å². The van der Waals surface area contributed by atoms with Crippen LogP contribution in [-0.4, -0.2) is 51.7 Å². The fourth-order valence-electron chi connectivity index (χ4n) is 0.287. The second kappa shape index (κ2) is 7.00. The van der Waals surface area contributed by atoms with Crippen molar-refractivity contribution in [2.45, 2.75) is 0 Å². The molecule has 1 N–H and O–H groups in total. The molecule has 0 rings (SSSR count). The lowest BCUT2D eigenvalue weighted by molar-refractivity contribution is -0.131. The largest absolute Gasteiger partial charge is 0.479 e. The molecule has 0 aliphatic rings. The third-order valence-electron chi connectivity index (χ3n) is 0.943. The first-order chi connectivity index (χ1) is 6.73. The summed E-state index contributed by atoms with van der Waals surface area (Å²) >= 11 is 0. The van der Waals surface area contributed by atoms with E-state index in [1.54, 1.807) is 14.1 Å². The van der Waals surface area contributed by atoms with E-state index in [9.17, 15) is 9.59 Å². The molecule has 14 heavy (non-hydrogen) atoms. The molecule has 0 fully saturated rings. The Morgan fingerprint density at radius 2 is 1.71 bits per heavy atom. The first-order valence-corrected chi connectivity index (χ1v) is 3.51. The van der Waals surface area contributed by atoms with E-state index in [0.717, 1.165) is 0 Å². The lowest BCUT2D eigenvalue weighted by Gasteiger charge is -2.08. The van der Waals surface area contributed by atoms with Crippen molar-refractivity contribution in [3.63, 3.8) is 0 Å². The van der Waals surface area contributed by atoms with E-state index in [-0.39, 0.29) is 16.9 Å². The molecule has 0 atom stereocenters. The van der Waals surface area contributed by atoms with E-state index in [0.29, 0.717) is 0 Å². The Hall–Kier alpha value is -1.45. The Morgan fingerprint density at radius 3 is 1.71 bits per heavy atom. The van der Waals surface area contributed by atoms with Crippen LogP contribution in [0.1, 0.15) is 0 Å². The van der Waals surface area contributed by atoms with Crippen molar-refractivity contribution in [3.8, 4) is 0 Å². The first-order valence-electron chi connectivity index (χ1n) is 3.92. The van der Waals surface area contributed by atoms with Gasteiger partial charge in [0, 0.05) is 14.1 Å². The van der Waals surface area contributed by atoms with Crippen molar-refractivity contribution >= 4 is 27.6 Å². The monoisotopic (exact) mass is 192 g/mol. The number of hydrogen-bond acceptors (Lipinski definition) is 3. The maximum atomic E-state index is 10.5. The van der Waals surface area contributed by atoms with Crippen molar-refractivity contribution in [2.24, 2.45) is 0 Å². The molecular weight excluding hydrogens is 180 g/mol. The smallest absolute Gasteiger partial charge is 0.320 e. The predicted octanol–water partition coefficient (Wildman–Crippen LogP) is -0.490. The fraction of sp³-hybridized carbons (Fsp3) is 0.250. The van der Waals surface area contributed by atoms with Gasteiger partial charge in [-0.15, -0.1) is 6.58 Å². The highest BCUT2D eigenvalue weighted by molar-refractivity contribution is 6.35. The van der Waals surface area contributed by atoms with Crippen LogP contribution in [0.5, 0.6) is 0 Å². The maximum Gasteiger partial charge on any atom is 0.320 e. The Bertz CT molecular complexity index is 279. The summed E-state index contributed by atoms with van der Waals surface area (Å²) in [6.07, 6.45) is 0. The molecule has 1 amide bonds. The van der Waals surface area contributed by atoms with Crippen LogP contribution in [0.25, 0.3) is 1.43 Å². The zero-order valence-electron chi connectivity index (χ0n) is 9.24. The van der Waals surface area contributed by atoms with Crippen molar-refractivity contribution in [3.05, 3.63) is 24.1 Å². The summed E-state index contributed by atoms with van der Waals surface area (Å²) in [7, 11) is 13.1. The molecule has 0 aliphatic heterocycles. The molecule has 72 valence electrons. The maximum absolute atomic E-state index is 10.5. The van der Waals surface area contributed by atoms with Crippen LogP contribution >= 0.6 is 0 Å². The molecule has 0 heterocycles. The number of likely N-dealkylation sites (N-methyl/N-ethyl adjacent to an activating group) is 1. The van der Waals surface area contributed by atoms with Crippen LogP contribution in [0.15, 0.2) is 24.1 Å². The van der Waals surface area contributed by atoms with Crippen LogP contribution < -0.4 is 0 Å². The standard InChI is InChI=1S/C5H8BNO.C3H3BO2/c1-4(6)5(8)7(2)3;1-2(4)3(5)6/h1H2,2-3H3;1H2,(H,5,6)/i/hD. The topological polar surface area (TPSA) is 57.6 Å². The average molecular weight is 192 g/mol. The van der Waals surface area contributed by atoms with Crippen molar-refractivity contribution in [1.82, 2.24) is 4.90 Å². The lowest BCUT2D eigenvalue weighted by atomic mass is 9.97. The third kappa shape index (κ3) is 8.64. The highest BCUT2D eigenvalue weighted by Gasteiger charge is 2.00. The Kier molecular flexibility index (Phi) is 6.28. The van der Waals surface area contributed by atoms with Gasteiger partial charge >= 0.3 is 5.97 Å². The Morgan fingerprint density at radius 1 is 1.29 bits per heavy atom. The SMILES string of the molecule is [2H]OC(=O)C([B])=C.[B]C(=C)C(=O)N(C)C. The number of nitrogens with zero attached hydrogens (tertiary/aromatic N) is 1. The van der Waals surface area contributed by atoms with E-state index < -0.39 is 5.97 Å². The minimum Gasteiger partial charge on any atom is -0.479 e. The Balaban J connectivity index is 0. The van der Waals surface area contributed by atoms with Gasteiger partial charge in [-0.05, 0) is 10.9 Å². The summed E-state index contributed by atoms with van der Waals surface area (Å²) in [6.45, 7) is 6.27. The molecule has 0 bridgehead atoms. The normalized spacial score (nSPS) is 8.57. The lowest BCUT2D eigenvalue weighted by Crippen LogP contribution is -2.22. The third-order valence-corrected chi connectivity index (χ3v) is 0.943. The van der Waals surface area contributed by atoms with Gasteiger partial charge in [0.2, 0.25) is 5.91 Å². The molecule has 0 saturated carbocycles. The van der Waals surface area contributed by atoms with E-state index >= 15 is 0 Å². The van der Waals surface area contributed by atoms with Crippen molar-refractivity contribution < 1.29 is 14.7 Å². The quantitative estimate of drug-likeness (QED) is 0.474. The van der Waals surface area contributed by atoms with Gasteiger partial charge in [-0.25, -0.2) is 4.79 Å². The number of aliphatic carboxylic acids is 1. The van der Waals surface area contributed by atoms with Crippen LogP contribution in [0.2, 0.25) is 0 Å². The minimum absolute atomic E-state index is 0.0787. The average Bonchev–Trinajstić information content (AvgIpc) is 2.15. The van der Waals surface area contributed by atoms with Gasteiger partial charge in [-0.1, -0.05) is 6.58 Å². The molecule has 0 aliphatic carbocycles. The summed E-state index contributed by atoms with van der Waals surface area (Å²) in [4.78, 5) is 21.8. The molecule has 6 heteroatoms. The summed E-state index contributed by atoms with van der Waals surface area (Å²) in [5.41, 5.74) is -0.176. The number of amides is 1. The van der Waals surface area contributed by atoms with E-state index in [1.165, 1.54) is 4.90 Å².